The maximum Gasteiger partial charge on any atom is 0.315 e. The number of aromatic nitrogens is 1. The molecule has 1 aliphatic rings. The molecule has 1 unspecified atom stereocenters. The van der Waals surface area contributed by atoms with Gasteiger partial charge >= 0.3 is 6.03 Å². The Morgan fingerprint density at radius 3 is 3.07 bits per heavy atom. The molecule has 2 N–H and O–H groups in total. The maximum atomic E-state index is 11.3. The van der Waals surface area contributed by atoms with Crippen LogP contribution < -0.4 is 5.73 Å². The van der Waals surface area contributed by atoms with Crippen molar-refractivity contribution >= 4 is 17.4 Å². The standard InChI is InChI=1S/C10H15N3OS/c11-10(14)13-6-3-1-2-4-8(13)9-12-5-7-15-9/h5,7-8H,1-4,6H2,(H2,11,14). The van der Waals surface area contributed by atoms with Gasteiger partial charge < -0.3 is 10.6 Å². The fourth-order valence-electron chi connectivity index (χ4n) is 2.03. The van der Waals surface area contributed by atoms with E-state index in [-0.39, 0.29) is 12.1 Å². The highest BCUT2D eigenvalue weighted by atomic mass is 32.1. The van der Waals surface area contributed by atoms with E-state index in [2.05, 4.69) is 4.98 Å². The van der Waals surface area contributed by atoms with E-state index in [1.165, 1.54) is 6.42 Å². The van der Waals surface area contributed by atoms with E-state index in [9.17, 15) is 4.79 Å². The number of carbonyl (C=O) groups is 1. The monoisotopic (exact) mass is 225 g/mol. The molecule has 1 atom stereocenters. The first-order valence-electron chi connectivity index (χ1n) is 5.24. The number of rotatable bonds is 1. The third-order valence-electron chi connectivity index (χ3n) is 2.77. The number of carbonyl (C=O) groups excluding carboxylic acids is 1. The second-order valence-corrected chi connectivity index (χ2v) is 4.69. The van der Waals surface area contributed by atoms with Gasteiger partial charge in [-0.25, -0.2) is 9.78 Å². The first-order chi connectivity index (χ1) is 7.29. The number of hydrogen-bond acceptors (Lipinski definition) is 3. The van der Waals surface area contributed by atoms with E-state index in [4.69, 9.17) is 5.73 Å². The minimum absolute atomic E-state index is 0.102. The zero-order chi connectivity index (χ0) is 10.7. The van der Waals surface area contributed by atoms with Gasteiger partial charge in [0.1, 0.15) is 5.01 Å². The molecule has 1 aromatic rings. The zero-order valence-electron chi connectivity index (χ0n) is 8.56. The lowest BCUT2D eigenvalue weighted by molar-refractivity contribution is 0.185. The lowest BCUT2D eigenvalue weighted by Crippen LogP contribution is -2.38. The molecular weight excluding hydrogens is 210 g/mol. The molecule has 0 bridgehead atoms. The normalized spacial score (nSPS) is 22.4. The van der Waals surface area contributed by atoms with Crippen LogP contribution in [0.15, 0.2) is 11.6 Å². The van der Waals surface area contributed by atoms with Crippen LogP contribution in [0.5, 0.6) is 0 Å². The van der Waals surface area contributed by atoms with E-state index in [0.717, 1.165) is 30.8 Å². The summed E-state index contributed by atoms with van der Waals surface area (Å²) < 4.78 is 0. The molecule has 2 amide bonds. The number of hydrogen-bond donors (Lipinski definition) is 1. The van der Waals surface area contributed by atoms with Crippen molar-refractivity contribution in [1.82, 2.24) is 9.88 Å². The maximum absolute atomic E-state index is 11.3. The predicted molar refractivity (Wildman–Crippen MR) is 59.6 cm³/mol. The number of likely N-dealkylation sites (tertiary alicyclic amines) is 1. The first-order valence-corrected chi connectivity index (χ1v) is 6.12. The fraction of sp³-hybridized carbons (Fsp3) is 0.600. The Hall–Kier alpha value is -1.10. The molecule has 2 heterocycles. The zero-order valence-corrected chi connectivity index (χ0v) is 9.37. The average Bonchev–Trinajstić information content (AvgIpc) is 2.61. The number of nitrogens with two attached hydrogens (primary N) is 1. The summed E-state index contributed by atoms with van der Waals surface area (Å²) in [5, 5.41) is 2.95. The number of amides is 2. The van der Waals surface area contributed by atoms with Crippen molar-refractivity contribution in [3.05, 3.63) is 16.6 Å². The highest BCUT2D eigenvalue weighted by Crippen LogP contribution is 2.30. The van der Waals surface area contributed by atoms with Gasteiger partial charge in [0, 0.05) is 18.1 Å². The van der Waals surface area contributed by atoms with Gasteiger partial charge in [-0.2, -0.15) is 0 Å². The Bertz CT molecular complexity index is 325. The minimum Gasteiger partial charge on any atom is -0.351 e. The number of urea groups is 1. The topological polar surface area (TPSA) is 59.2 Å². The van der Waals surface area contributed by atoms with E-state index >= 15 is 0 Å². The van der Waals surface area contributed by atoms with Crippen LogP contribution in [0.1, 0.15) is 36.7 Å². The molecular formula is C10H15N3OS. The first kappa shape index (κ1) is 10.4. The second-order valence-electron chi connectivity index (χ2n) is 3.77. The van der Waals surface area contributed by atoms with E-state index < -0.39 is 0 Å². The van der Waals surface area contributed by atoms with E-state index in [0.29, 0.717) is 0 Å². The third kappa shape index (κ3) is 2.28. The lowest BCUT2D eigenvalue weighted by atomic mass is 10.1. The van der Waals surface area contributed by atoms with Gasteiger partial charge in [-0.1, -0.05) is 12.8 Å². The molecule has 15 heavy (non-hydrogen) atoms. The summed E-state index contributed by atoms with van der Waals surface area (Å²) in [6, 6.07) is -0.220. The van der Waals surface area contributed by atoms with Crippen LogP contribution >= 0.6 is 11.3 Å². The van der Waals surface area contributed by atoms with Gasteiger partial charge in [0.25, 0.3) is 0 Å². The van der Waals surface area contributed by atoms with Crippen LogP contribution in [0.25, 0.3) is 0 Å². The Kier molecular flexibility index (Phi) is 3.20. The van der Waals surface area contributed by atoms with E-state index in [1.54, 1.807) is 22.4 Å². The van der Waals surface area contributed by atoms with Crippen molar-refractivity contribution in [1.29, 1.82) is 0 Å². The molecule has 0 aromatic carbocycles. The second kappa shape index (κ2) is 4.61. The van der Waals surface area contributed by atoms with Crippen molar-refractivity contribution in [2.75, 3.05) is 6.54 Å². The quantitative estimate of drug-likeness (QED) is 0.796. The van der Waals surface area contributed by atoms with Gasteiger partial charge in [-0.3, -0.25) is 0 Å². The molecule has 82 valence electrons. The lowest BCUT2D eigenvalue weighted by Gasteiger charge is -2.26. The molecule has 0 saturated carbocycles. The Balaban J connectivity index is 2.20. The van der Waals surface area contributed by atoms with Crippen molar-refractivity contribution < 1.29 is 4.79 Å². The Labute approximate surface area is 93.1 Å². The van der Waals surface area contributed by atoms with Crippen molar-refractivity contribution in [3.8, 4) is 0 Å². The number of primary amides is 1. The van der Waals surface area contributed by atoms with Gasteiger partial charge in [0.15, 0.2) is 0 Å². The number of nitrogens with zero attached hydrogens (tertiary/aromatic N) is 2. The number of thiazole rings is 1. The molecule has 1 aromatic heterocycles. The molecule has 1 fully saturated rings. The van der Waals surface area contributed by atoms with Gasteiger partial charge in [-0.05, 0) is 12.8 Å². The largest absolute Gasteiger partial charge is 0.351 e. The summed E-state index contributed by atoms with van der Waals surface area (Å²) in [5.74, 6) is 0. The van der Waals surface area contributed by atoms with Crippen molar-refractivity contribution in [2.24, 2.45) is 5.73 Å². The summed E-state index contributed by atoms with van der Waals surface area (Å²) in [6.07, 6.45) is 6.13. The molecule has 4 nitrogen and oxygen atoms in total. The summed E-state index contributed by atoms with van der Waals surface area (Å²) in [7, 11) is 0. The Morgan fingerprint density at radius 1 is 1.53 bits per heavy atom. The van der Waals surface area contributed by atoms with Crippen molar-refractivity contribution in [3.63, 3.8) is 0 Å². The highest BCUT2D eigenvalue weighted by Gasteiger charge is 2.26. The van der Waals surface area contributed by atoms with Crippen LogP contribution in [-0.2, 0) is 0 Å². The average molecular weight is 225 g/mol. The fourth-order valence-corrected chi connectivity index (χ4v) is 2.81. The smallest absolute Gasteiger partial charge is 0.315 e. The molecule has 0 aliphatic carbocycles. The summed E-state index contributed by atoms with van der Waals surface area (Å²) in [5.41, 5.74) is 5.40. The van der Waals surface area contributed by atoms with Crippen LogP contribution in [0.4, 0.5) is 4.79 Å². The molecule has 1 saturated heterocycles. The summed E-state index contributed by atoms with van der Waals surface area (Å²) in [4.78, 5) is 17.4. The molecule has 0 spiro atoms. The van der Waals surface area contributed by atoms with Crippen LogP contribution in [0.2, 0.25) is 0 Å². The summed E-state index contributed by atoms with van der Waals surface area (Å²) >= 11 is 1.60. The third-order valence-corrected chi connectivity index (χ3v) is 3.65. The predicted octanol–water partition coefficient (Wildman–Crippen LogP) is 2.14. The van der Waals surface area contributed by atoms with E-state index in [1.807, 2.05) is 5.38 Å². The SMILES string of the molecule is NC(=O)N1CCCCCC1c1nccs1. The molecule has 1 aliphatic heterocycles. The molecule has 0 radical (unpaired) electrons. The van der Waals surface area contributed by atoms with Gasteiger partial charge in [0.05, 0.1) is 6.04 Å². The molecule has 2 rings (SSSR count). The van der Waals surface area contributed by atoms with Crippen LogP contribution in [0, 0.1) is 0 Å². The highest BCUT2D eigenvalue weighted by molar-refractivity contribution is 7.09. The van der Waals surface area contributed by atoms with Gasteiger partial charge in [-0.15, -0.1) is 11.3 Å². The molecule has 5 heteroatoms. The minimum atomic E-state index is -0.322. The van der Waals surface area contributed by atoms with Gasteiger partial charge in [0.2, 0.25) is 0 Å². The van der Waals surface area contributed by atoms with Crippen LogP contribution in [0.3, 0.4) is 0 Å². The Morgan fingerprint density at radius 2 is 2.40 bits per heavy atom. The van der Waals surface area contributed by atoms with Crippen LogP contribution in [-0.4, -0.2) is 22.5 Å². The summed E-state index contributed by atoms with van der Waals surface area (Å²) in [6.45, 7) is 0.763. The van der Waals surface area contributed by atoms with Crippen molar-refractivity contribution in [2.45, 2.75) is 31.7 Å².